The van der Waals surface area contributed by atoms with Crippen LogP contribution < -0.4 is 0 Å². The number of halogens is 1. The van der Waals surface area contributed by atoms with Crippen LogP contribution in [0.2, 0.25) is 0 Å². The molecule has 1 aliphatic carbocycles. The molecule has 0 aromatic heterocycles. The Hall–Kier alpha value is 0.390. The summed E-state index contributed by atoms with van der Waals surface area (Å²) < 4.78 is 26.2. The van der Waals surface area contributed by atoms with Gasteiger partial charge in [-0.1, -0.05) is 28.8 Å². The molecule has 0 aromatic carbocycles. The van der Waals surface area contributed by atoms with E-state index < -0.39 is 10.0 Å². The van der Waals surface area contributed by atoms with E-state index in [-0.39, 0.29) is 11.3 Å². The van der Waals surface area contributed by atoms with Gasteiger partial charge in [-0.05, 0) is 26.7 Å². The van der Waals surface area contributed by atoms with Crippen LogP contribution in [0.3, 0.4) is 0 Å². The van der Waals surface area contributed by atoms with Gasteiger partial charge in [-0.15, -0.1) is 0 Å². The van der Waals surface area contributed by atoms with Crippen molar-refractivity contribution in [3.8, 4) is 0 Å². The molecule has 0 heterocycles. The molecule has 3 nitrogen and oxygen atoms in total. The molecule has 90 valence electrons. The van der Waals surface area contributed by atoms with Gasteiger partial charge >= 0.3 is 0 Å². The average Bonchev–Trinajstić information content (AvgIpc) is 2.66. The van der Waals surface area contributed by atoms with Crippen molar-refractivity contribution in [3.63, 3.8) is 0 Å². The van der Waals surface area contributed by atoms with Crippen molar-refractivity contribution in [1.29, 1.82) is 0 Å². The Morgan fingerprint density at radius 1 is 1.33 bits per heavy atom. The average molecular weight is 298 g/mol. The number of hydrogen-bond acceptors (Lipinski definition) is 2. The molecule has 0 aromatic rings. The zero-order valence-corrected chi connectivity index (χ0v) is 11.8. The maximum Gasteiger partial charge on any atom is 0.217 e. The van der Waals surface area contributed by atoms with E-state index >= 15 is 0 Å². The van der Waals surface area contributed by atoms with E-state index in [0.29, 0.717) is 11.9 Å². The van der Waals surface area contributed by atoms with Crippen LogP contribution in [0.25, 0.3) is 0 Å². The van der Waals surface area contributed by atoms with Gasteiger partial charge in [0.2, 0.25) is 10.0 Å². The van der Waals surface area contributed by atoms with Crippen LogP contribution >= 0.6 is 15.9 Å². The summed E-state index contributed by atoms with van der Waals surface area (Å²) in [5, 5.41) is 0.580. The molecule has 15 heavy (non-hydrogen) atoms. The first-order valence-electron chi connectivity index (χ1n) is 5.56. The lowest BCUT2D eigenvalue weighted by Crippen LogP contribution is -2.43. The number of hydrogen-bond donors (Lipinski definition) is 0. The van der Waals surface area contributed by atoms with E-state index in [1.165, 1.54) is 0 Å². The highest BCUT2D eigenvalue weighted by molar-refractivity contribution is 9.09. The lowest BCUT2D eigenvalue weighted by atomic mass is 10.4. The summed E-state index contributed by atoms with van der Waals surface area (Å²) in [7, 11) is -3.06. The Balaban J connectivity index is 2.80. The van der Waals surface area contributed by atoms with Crippen molar-refractivity contribution in [2.45, 2.75) is 50.8 Å². The molecule has 0 bridgehead atoms. The van der Waals surface area contributed by atoms with Gasteiger partial charge in [0, 0.05) is 17.9 Å². The highest BCUT2D eigenvalue weighted by atomic mass is 79.9. The first-order chi connectivity index (χ1) is 7.00. The van der Waals surface area contributed by atoms with Crippen molar-refractivity contribution < 1.29 is 8.42 Å². The summed E-state index contributed by atoms with van der Waals surface area (Å²) in [6.07, 6.45) is 3.80. The van der Waals surface area contributed by atoms with E-state index in [4.69, 9.17) is 0 Å². The molecular weight excluding hydrogens is 278 g/mol. The van der Waals surface area contributed by atoms with Crippen molar-refractivity contribution in [2.75, 3.05) is 11.9 Å². The van der Waals surface area contributed by atoms with Crippen LogP contribution in [0.5, 0.6) is 0 Å². The molecule has 0 radical (unpaired) electrons. The standard InChI is InChI=1S/C10H20BrNO2S/c1-9(2)12(8-7-11)15(13,14)10-5-3-4-6-10/h9-10H,3-8H2,1-2H3. The van der Waals surface area contributed by atoms with Crippen LogP contribution in [0, 0.1) is 0 Å². The van der Waals surface area contributed by atoms with Crippen molar-refractivity contribution in [3.05, 3.63) is 0 Å². The molecule has 1 saturated carbocycles. The molecule has 0 aliphatic heterocycles. The predicted octanol–water partition coefficient (Wildman–Crippen LogP) is 2.36. The molecule has 0 saturated heterocycles. The molecule has 1 rings (SSSR count). The summed E-state index contributed by atoms with van der Waals surface area (Å²) in [5.41, 5.74) is 0. The smallest absolute Gasteiger partial charge is 0.212 e. The first kappa shape index (κ1) is 13.5. The van der Waals surface area contributed by atoms with Gasteiger partial charge in [-0.2, -0.15) is 4.31 Å². The van der Waals surface area contributed by atoms with Gasteiger partial charge in [0.05, 0.1) is 5.25 Å². The summed E-state index contributed by atoms with van der Waals surface area (Å²) in [6.45, 7) is 4.46. The largest absolute Gasteiger partial charge is 0.217 e. The van der Waals surface area contributed by atoms with Crippen LogP contribution in [-0.4, -0.2) is 35.9 Å². The van der Waals surface area contributed by atoms with Gasteiger partial charge in [0.25, 0.3) is 0 Å². The predicted molar refractivity (Wildman–Crippen MR) is 66.8 cm³/mol. The van der Waals surface area contributed by atoms with E-state index in [1.54, 1.807) is 4.31 Å². The summed E-state index contributed by atoms with van der Waals surface area (Å²) in [6, 6.07) is 0.0631. The van der Waals surface area contributed by atoms with E-state index in [2.05, 4.69) is 15.9 Å². The first-order valence-corrected chi connectivity index (χ1v) is 8.19. The van der Waals surface area contributed by atoms with Gasteiger partial charge in [-0.25, -0.2) is 8.42 Å². The molecule has 1 aliphatic rings. The molecule has 0 atom stereocenters. The van der Waals surface area contributed by atoms with Gasteiger partial charge < -0.3 is 0 Å². The minimum Gasteiger partial charge on any atom is -0.212 e. The topological polar surface area (TPSA) is 37.4 Å². The van der Waals surface area contributed by atoms with E-state index in [0.717, 1.165) is 25.7 Å². The Bertz CT molecular complexity index is 284. The Morgan fingerprint density at radius 3 is 2.27 bits per heavy atom. The third-order valence-corrected chi connectivity index (χ3v) is 5.86. The van der Waals surface area contributed by atoms with Crippen molar-refractivity contribution in [2.24, 2.45) is 0 Å². The molecule has 0 unspecified atom stereocenters. The molecule has 5 heteroatoms. The van der Waals surface area contributed by atoms with Crippen LogP contribution in [0.4, 0.5) is 0 Å². The fraction of sp³-hybridized carbons (Fsp3) is 1.00. The second kappa shape index (κ2) is 5.64. The van der Waals surface area contributed by atoms with Gasteiger partial charge in [0.1, 0.15) is 0 Å². The normalized spacial score (nSPS) is 19.3. The van der Waals surface area contributed by atoms with E-state index in [9.17, 15) is 8.42 Å². The lowest BCUT2D eigenvalue weighted by molar-refractivity contribution is 0.366. The van der Waals surface area contributed by atoms with Gasteiger partial charge in [0.15, 0.2) is 0 Å². The number of rotatable bonds is 5. The second-order valence-electron chi connectivity index (χ2n) is 4.34. The minimum atomic E-state index is -3.06. The number of alkyl halides is 1. The van der Waals surface area contributed by atoms with Crippen LogP contribution in [0.15, 0.2) is 0 Å². The molecule has 0 amide bonds. The highest BCUT2D eigenvalue weighted by Gasteiger charge is 2.34. The fourth-order valence-corrected chi connectivity index (χ4v) is 5.00. The van der Waals surface area contributed by atoms with E-state index in [1.807, 2.05) is 13.8 Å². The Kier molecular flexibility index (Phi) is 5.06. The zero-order chi connectivity index (χ0) is 11.5. The summed E-state index contributed by atoms with van der Waals surface area (Å²) in [4.78, 5) is 0. The quantitative estimate of drug-likeness (QED) is 0.731. The van der Waals surface area contributed by atoms with Crippen LogP contribution in [-0.2, 0) is 10.0 Å². The maximum atomic E-state index is 12.3. The SMILES string of the molecule is CC(C)N(CCBr)S(=O)(=O)C1CCCC1. The highest BCUT2D eigenvalue weighted by Crippen LogP contribution is 2.28. The van der Waals surface area contributed by atoms with Crippen molar-refractivity contribution >= 4 is 26.0 Å². The zero-order valence-electron chi connectivity index (χ0n) is 9.45. The van der Waals surface area contributed by atoms with Crippen molar-refractivity contribution in [1.82, 2.24) is 4.31 Å². The Morgan fingerprint density at radius 2 is 1.87 bits per heavy atom. The molecular formula is C10H20BrNO2S. The Labute approximate surface area is 101 Å². The molecule has 1 fully saturated rings. The fourth-order valence-electron chi connectivity index (χ4n) is 2.14. The third kappa shape index (κ3) is 3.17. The van der Waals surface area contributed by atoms with Crippen LogP contribution in [0.1, 0.15) is 39.5 Å². The lowest BCUT2D eigenvalue weighted by Gasteiger charge is -2.28. The molecule has 0 N–H and O–H groups in total. The number of sulfonamides is 1. The third-order valence-electron chi connectivity index (χ3n) is 2.93. The van der Waals surface area contributed by atoms with Gasteiger partial charge in [-0.3, -0.25) is 0 Å². The summed E-state index contributed by atoms with van der Waals surface area (Å²) in [5.74, 6) is 0. The monoisotopic (exact) mass is 297 g/mol. The maximum absolute atomic E-state index is 12.3. The minimum absolute atomic E-state index is 0.0631. The summed E-state index contributed by atoms with van der Waals surface area (Å²) >= 11 is 3.31. The second-order valence-corrected chi connectivity index (χ2v) is 7.30. The molecule has 0 spiro atoms. The number of nitrogens with zero attached hydrogens (tertiary/aromatic N) is 1.